The molecule has 0 unspecified atom stereocenters. The quantitative estimate of drug-likeness (QED) is 0.553. The van der Waals surface area contributed by atoms with Crippen molar-refractivity contribution in [2.75, 3.05) is 26.8 Å². The molecule has 2 aromatic heterocycles. The zero-order valence-electron chi connectivity index (χ0n) is 20.5. The molecule has 3 aromatic rings. The Balaban J connectivity index is 1.71. The molecule has 2 aliphatic rings. The van der Waals surface area contributed by atoms with Crippen LogP contribution in [0.2, 0.25) is 0 Å². The van der Waals surface area contributed by atoms with Gasteiger partial charge in [0.1, 0.15) is 22.4 Å². The van der Waals surface area contributed by atoms with Gasteiger partial charge in [-0.1, -0.05) is 12.1 Å². The van der Waals surface area contributed by atoms with Gasteiger partial charge in [0, 0.05) is 31.8 Å². The van der Waals surface area contributed by atoms with E-state index in [0.29, 0.717) is 25.3 Å². The Hall–Kier alpha value is -4.25. The molecule has 0 spiro atoms. The van der Waals surface area contributed by atoms with E-state index >= 15 is 0 Å². The van der Waals surface area contributed by atoms with Gasteiger partial charge in [-0.2, -0.15) is 0 Å². The van der Waals surface area contributed by atoms with Crippen LogP contribution in [0.4, 0.5) is 4.39 Å². The first kappa shape index (κ1) is 24.4. The van der Waals surface area contributed by atoms with E-state index in [2.05, 4.69) is 10.3 Å². The molecule has 0 bridgehead atoms. The van der Waals surface area contributed by atoms with Crippen molar-refractivity contribution in [2.45, 2.75) is 25.8 Å². The summed E-state index contributed by atoms with van der Waals surface area (Å²) in [6.45, 7) is 4.72. The fraction of sp³-hybridized carbons (Fsp3) is 0.308. The van der Waals surface area contributed by atoms with E-state index in [1.165, 1.54) is 31.6 Å². The summed E-state index contributed by atoms with van der Waals surface area (Å²) in [7, 11) is 1.33. The lowest BCUT2D eigenvalue weighted by molar-refractivity contribution is -0.144. The van der Waals surface area contributed by atoms with E-state index < -0.39 is 34.2 Å². The molecule has 1 fully saturated rings. The normalized spacial score (nSPS) is 16.2. The van der Waals surface area contributed by atoms with Crippen LogP contribution in [0.25, 0.3) is 17.2 Å². The van der Waals surface area contributed by atoms with E-state index in [4.69, 9.17) is 9.47 Å². The number of aromatic nitrogens is 2. The molecule has 37 heavy (non-hydrogen) atoms. The van der Waals surface area contributed by atoms with E-state index in [9.17, 15) is 23.9 Å². The van der Waals surface area contributed by atoms with Crippen LogP contribution in [0.5, 0.6) is 11.5 Å². The largest absolute Gasteiger partial charge is 0.505 e. The van der Waals surface area contributed by atoms with Gasteiger partial charge in [-0.25, -0.2) is 4.39 Å². The predicted molar refractivity (Wildman–Crippen MR) is 132 cm³/mol. The summed E-state index contributed by atoms with van der Waals surface area (Å²) in [4.78, 5) is 45.5. The molecule has 11 heteroatoms. The maximum absolute atomic E-state index is 13.6. The number of halogens is 1. The zero-order chi connectivity index (χ0) is 26.5. The lowest BCUT2D eigenvalue weighted by Gasteiger charge is -2.42. The minimum absolute atomic E-state index is 0.0366. The van der Waals surface area contributed by atoms with Crippen LogP contribution in [-0.2, 0) is 16.0 Å². The van der Waals surface area contributed by atoms with Crippen LogP contribution in [0.3, 0.4) is 0 Å². The van der Waals surface area contributed by atoms with Gasteiger partial charge < -0.3 is 24.8 Å². The number of rotatable bonds is 4. The van der Waals surface area contributed by atoms with Gasteiger partial charge >= 0.3 is 0 Å². The standard InChI is InChI=1S/C26H25FN4O6/c1-26(2)13-36-9-8-31(26)24(34)17-12-30-20-19(21(32)18(25(30)35)23(33)28-3)29-11-15(22(20)37-17)10-14-4-6-16(27)7-5-14/h4-7,11-12,32H,8-10,13H2,1-3H3,(H,28,33). The van der Waals surface area contributed by atoms with Gasteiger partial charge in [-0.05, 0) is 31.5 Å². The lowest BCUT2D eigenvalue weighted by atomic mass is 10.0. The number of benzene rings is 1. The molecule has 0 aliphatic carbocycles. The van der Waals surface area contributed by atoms with Crippen LogP contribution in [0.1, 0.15) is 35.3 Å². The predicted octanol–water partition coefficient (Wildman–Crippen LogP) is 2.02. The summed E-state index contributed by atoms with van der Waals surface area (Å²) in [6.07, 6.45) is 2.91. The van der Waals surface area contributed by atoms with Crippen LogP contribution in [0, 0.1) is 5.82 Å². The first-order chi connectivity index (χ1) is 17.6. The number of morpholine rings is 1. The molecule has 10 nitrogen and oxygen atoms in total. The van der Waals surface area contributed by atoms with Gasteiger partial charge in [0.25, 0.3) is 17.4 Å². The molecule has 1 aromatic carbocycles. The number of nitrogens with zero attached hydrogens (tertiary/aromatic N) is 3. The molecule has 4 heterocycles. The van der Waals surface area contributed by atoms with Crippen LogP contribution in [0.15, 0.2) is 41.0 Å². The highest BCUT2D eigenvalue weighted by atomic mass is 19.1. The number of ether oxygens (including phenoxy) is 2. The van der Waals surface area contributed by atoms with Crippen molar-refractivity contribution in [1.29, 1.82) is 0 Å². The highest BCUT2D eigenvalue weighted by Gasteiger charge is 2.38. The molecule has 0 saturated carbocycles. The Morgan fingerprint density at radius 2 is 1.97 bits per heavy atom. The third-order valence-electron chi connectivity index (χ3n) is 6.54. The number of aromatic hydroxyl groups is 1. The third-order valence-corrected chi connectivity index (χ3v) is 6.54. The fourth-order valence-electron chi connectivity index (χ4n) is 4.60. The maximum atomic E-state index is 13.6. The number of pyridine rings is 2. The second-order valence-corrected chi connectivity index (χ2v) is 9.51. The second kappa shape index (κ2) is 9.00. The summed E-state index contributed by atoms with van der Waals surface area (Å²) < 4.78 is 26.2. The molecule has 2 N–H and O–H groups in total. The Bertz CT molecular complexity index is 1530. The van der Waals surface area contributed by atoms with Gasteiger partial charge in [-0.15, -0.1) is 0 Å². The molecular formula is C26H25FN4O6. The average Bonchev–Trinajstić information content (AvgIpc) is 2.88. The van der Waals surface area contributed by atoms with E-state index in [0.717, 1.165) is 10.1 Å². The molecule has 192 valence electrons. The van der Waals surface area contributed by atoms with E-state index in [1.54, 1.807) is 17.0 Å². The minimum atomic E-state index is -0.832. The highest BCUT2D eigenvalue weighted by molar-refractivity contribution is 6.04. The zero-order valence-corrected chi connectivity index (χ0v) is 20.5. The fourth-order valence-corrected chi connectivity index (χ4v) is 4.60. The SMILES string of the molecule is CNC(=O)c1c(O)c2ncc(Cc3ccc(F)cc3)c3c2n(c1=O)C=C(C(=O)N1CCOCC1(C)C)O3. The molecular weight excluding hydrogens is 483 g/mol. The molecule has 1 saturated heterocycles. The molecule has 2 amide bonds. The van der Waals surface area contributed by atoms with Crippen molar-refractivity contribution >= 4 is 29.0 Å². The van der Waals surface area contributed by atoms with Crippen molar-refractivity contribution in [2.24, 2.45) is 0 Å². The smallest absolute Gasteiger partial charge is 0.291 e. The van der Waals surface area contributed by atoms with Gasteiger partial charge in [0.15, 0.2) is 11.5 Å². The first-order valence-corrected chi connectivity index (χ1v) is 11.7. The Morgan fingerprint density at radius 1 is 1.24 bits per heavy atom. The number of hydrogen-bond donors (Lipinski definition) is 2. The average molecular weight is 509 g/mol. The second-order valence-electron chi connectivity index (χ2n) is 9.51. The lowest BCUT2D eigenvalue weighted by Crippen LogP contribution is -2.56. The molecule has 0 atom stereocenters. The van der Waals surface area contributed by atoms with Crippen molar-refractivity contribution in [3.63, 3.8) is 0 Å². The minimum Gasteiger partial charge on any atom is -0.505 e. The monoisotopic (exact) mass is 508 g/mol. The van der Waals surface area contributed by atoms with Crippen LogP contribution >= 0.6 is 0 Å². The number of hydrogen-bond acceptors (Lipinski definition) is 7. The topological polar surface area (TPSA) is 123 Å². The van der Waals surface area contributed by atoms with E-state index in [-0.39, 0.29) is 34.8 Å². The molecule has 5 rings (SSSR count). The Morgan fingerprint density at radius 3 is 2.65 bits per heavy atom. The van der Waals surface area contributed by atoms with Crippen molar-refractivity contribution in [1.82, 2.24) is 19.8 Å². The first-order valence-electron chi connectivity index (χ1n) is 11.7. The van der Waals surface area contributed by atoms with Gasteiger partial charge in [0.05, 0.1) is 25.0 Å². The number of amides is 2. The summed E-state index contributed by atoms with van der Waals surface area (Å²) in [5.74, 6) is -2.23. The van der Waals surface area contributed by atoms with Crippen LogP contribution in [-0.4, -0.2) is 63.7 Å². The highest BCUT2D eigenvalue weighted by Crippen LogP contribution is 2.38. The number of nitrogens with one attached hydrogen (secondary N) is 1. The third kappa shape index (κ3) is 4.10. The molecule has 2 aliphatic heterocycles. The van der Waals surface area contributed by atoms with Crippen molar-refractivity contribution in [3.8, 4) is 11.5 Å². The van der Waals surface area contributed by atoms with Crippen molar-refractivity contribution < 1.29 is 28.6 Å². The Labute approximate surface area is 210 Å². The van der Waals surface area contributed by atoms with Gasteiger partial charge in [0.2, 0.25) is 5.76 Å². The number of carbonyl (C=O) groups excluding carboxylic acids is 2. The summed E-state index contributed by atoms with van der Waals surface area (Å²) >= 11 is 0. The summed E-state index contributed by atoms with van der Waals surface area (Å²) in [5, 5.41) is 13.2. The summed E-state index contributed by atoms with van der Waals surface area (Å²) in [6, 6.07) is 5.85. The summed E-state index contributed by atoms with van der Waals surface area (Å²) in [5.41, 5.74) is -0.647. The maximum Gasteiger partial charge on any atom is 0.291 e. The molecule has 0 radical (unpaired) electrons. The number of carbonyl (C=O) groups is 2. The van der Waals surface area contributed by atoms with Crippen LogP contribution < -0.4 is 15.6 Å². The Kier molecular flexibility index (Phi) is 5.95. The van der Waals surface area contributed by atoms with Gasteiger partial charge in [-0.3, -0.25) is 23.9 Å². The van der Waals surface area contributed by atoms with Crippen molar-refractivity contribution in [3.05, 3.63) is 69.1 Å². The van der Waals surface area contributed by atoms with E-state index in [1.807, 2.05) is 13.8 Å².